The zero-order valence-corrected chi connectivity index (χ0v) is 16.1. The Labute approximate surface area is 163 Å². The van der Waals surface area contributed by atoms with E-state index in [4.69, 9.17) is 32.7 Å². The molecule has 0 N–H and O–H groups in total. The highest BCUT2D eigenvalue weighted by molar-refractivity contribution is 6.42. The van der Waals surface area contributed by atoms with Crippen molar-refractivity contribution in [1.82, 2.24) is 14.7 Å². The second-order valence-electron chi connectivity index (χ2n) is 7.02. The molecule has 0 radical (unpaired) electrons. The normalized spacial score (nSPS) is 23.6. The molecule has 7 heteroatoms. The van der Waals surface area contributed by atoms with E-state index < -0.39 is 0 Å². The topological polar surface area (TPSA) is 39.5 Å². The number of morpholine rings is 1. The lowest BCUT2D eigenvalue weighted by Crippen LogP contribution is -2.44. The number of hydrogen-bond acceptors (Lipinski definition) is 4. The first-order valence-corrected chi connectivity index (χ1v) is 9.88. The molecule has 5 nitrogen and oxygen atoms in total. The van der Waals surface area contributed by atoms with Gasteiger partial charge in [-0.1, -0.05) is 23.2 Å². The zero-order valence-electron chi connectivity index (χ0n) is 14.6. The summed E-state index contributed by atoms with van der Waals surface area (Å²) < 4.78 is 13.1. The highest BCUT2D eigenvalue weighted by Crippen LogP contribution is 2.35. The molecule has 26 heavy (non-hydrogen) atoms. The Morgan fingerprint density at radius 2 is 1.88 bits per heavy atom. The van der Waals surface area contributed by atoms with Gasteiger partial charge in [-0.25, -0.2) is 4.68 Å². The summed E-state index contributed by atoms with van der Waals surface area (Å²) in [5.74, 6) is 1.99. The van der Waals surface area contributed by atoms with E-state index in [1.54, 1.807) is 16.8 Å². The van der Waals surface area contributed by atoms with Gasteiger partial charge in [-0.3, -0.25) is 4.90 Å². The fourth-order valence-electron chi connectivity index (χ4n) is 3.56. The summed E-state index contributed by atoms with van der Waals surface area (Å²) in [7, 11) is 0. The van der Waals surface area contributed by atoms with E-state index in [2.05, 4.69) is 10.00 Å². The molecule has 1 aromatic carbocycles. The summed E-state index contributed by atoms with van der Waals surface area (Å²) >= 11 is 12.0. The van der Waals surface area contributed by atoms with Crippen LogP contribution in [-0.4, -0.2) is 54.1 Å². The molecule has 2 atom stereocenters. The third-order valence-corrected chi connectivity index (χ3v) is 6.09. The molecule has 0 bridgehead atoms. The Hall–Kier alpha value is -1.27. The minimum absolute atomic E-state index is 0.516. The maximum atomic E-state index is 6.08. The lowest BCUT2D eigenvalue weighted by atomic mass is 9.74. The molecule has 1 aliphatic carbocycles. The van der Waals surface area contributed by atoms with Crippen molar-refractivity contribution in [1.29, 1.82) is 0 Å². The Balaban J connectivity index is 1.29. The molecule has 4 rings (SSSR count). The highest BCUT2D eigenvalue weighted by atomic mass is 35.5. The van der Waals surface area contributed by atoms with Crippen LogP contribution in [0.1, 0.15) is 12.8 Å². The second-order valence-corrected chi connectivity index (χ2v) is 7.83. The van der Waals surface area contributed by atoms with Crippen LogP contribution in [0.2, 0.25) is 10.0 Å². The SMILES string of the molecule is Clc1ccc(-n2ccc(OCC3CCC3CN3CCOCC3)n2)cc1Cl. The fraction of sp³-hybridized carbons (Fsp3) is 0.526. The van der Waals surface area contributed by atoms with Gasteiger partial charge in [0, 0.05) is 31.9 Å². The van der Waals surface area contributed by atoms with Gasteiger partial charge in [0.2, 0.25) is 5.88 Å². The predicted octanol–water partition coefficient (Wildman–Crippen LogP) is 3.92. The number of aromatic nitrogens is 2. The molecular formula is C19H23Cl2N3O2. The lowest BCUT2D eigenvalue weighted by Gasteiger charge is -2.40. The molecule has 2 aliphatic rings. The van der Waals surface area contributed by atoms with Gasteiger partial charge in [0.25, 0.3) is 0 Å². The highest BCUT2D eigenvalue weighted by Gasteiger charge is 2.33. The van der Waals surface area contributed by atoms with Crippen LogP contribution < -0.4 is 4.74 Å². The van der Waals surface area contributed by atoms with Crippen molar-refractivity contribution in [3.8, 4) is 11.6 Å². The van der Waals surface area contributed by atoms with E-state index in [0.717, 1.165) is 51.1 Å². The maximum Gasteiger partial charge on any atom is 0.233 e. The molecule has 140 valence electrons. The molecule has 2 aromatic rings. The van der Waals surface area contributed by atoms with E-state index in [1.807, 2.05) is 18.3 Å². The van der Waals surface area contributed by atoms with Crippen LogP contribution in [0.25, 0.3) is 5.69 Å². The summed E-state index contributed by atoms with van der Waals surface area (Å²) in [5, 5.41) is 5.54. The average molecular weight is 396 g/mol. The van der Waals surface area contributed by atoms with Gasteiger partial charge in [-0.2, -0.15) is 0 Å². The molecule has 2 heterocycles. The molecule has 2 unspecified atom stereocenters. The Kier molecular flexibility index (Phi) is 5.69. The maximum absolute atomic E-state index is 6.08. The first-order chi connectivity index (χ1) is 12.7. The van der Waals surface area contributed by atoms with Crippen molar-refractivity contribution in [2.45, 2.75) is 12.8 Å². The van der Waals surface area contributed by atoms with Crippen molar-refractivity contribution in [2.24, 2.45) is 11.8 Å². The van der Waals surface area contributed by atoms with Crippen molar-refractivity contribution < 1.29 is 9.47 Å². The number of benzene rings is 1. The van der Waals surface area contributed by atoms with Crippen LogP contribution in [0, 0.1) is 11.8 Å². The minimum Gasteiger partial charge on any atom is -0.476 e. The standard InChI is InChI=1S/C19H23Cl2N3O2/c20-17-4-3-16(11-18(17)21)24-6-5-19(22-24)26-13-15-2-1-14(15)12-23-7-9-25-10-8-23/h3-6,11,14-15H,1-2,7-10,12-13H2. The monoisotopic (exact) mass is 395 g/mol. The minimum atomic E-state index is 0.516. The molecule has 1 saturated carbocycles. The Morgan fingerprint density at radius 3 is 2.62 bits per heavy atom. The molecule has 1 aliphatic heterocycles. The molecule has 0 amide bonds. The van der Waals surface area contributed by atoms with Crippen molar-refractivity contribution in [3.05, 3.63) is 40.5 Å². The quantitative estimate of drug-likeness (QED) is 0.742. The molecular weight excluding hydrogens is 373 g/mol. The lowest BCUT2D eigenvalue weighted by molar-refractivity contribution is 0.00447. The summed E-state index contributed by atoms with van der Waals surface area (Å²) in [6.45, 7) is 5.72. The smallest absolute Gasteiger partial charge is 0.233 e. The molecule has 2 fully saturated rings. The number of rotatable bonds is 6. The van der Waals surface area contributed by atoms with E-state index in [0.29, 0.717) is 21.8 Å². The fourth-order valence-corrected chi connectivity index (χ4v) is 3.85. The summed E-state index contributed by atoms with van der Waals surface area (Å²) in [6, 6.07) is 7.34. The van der Waals surface area contributed by atoms with Crippen molar-refractivity contribution in [3.63, 3.8) is 0 Å². The van der Waals surface area contributed by atoms with Crippen LogP contribution >= 0.6 is 23.2 Å². The third-order valence-electron chi connectivity index (χ3n) is 5.35. The molecule has 1 aromatic heterocycles. The summed E-state index contributed by atoms with van der Waals surface area (Å²) in [4.78, 5) is 2.51. The van der Waals surface area contributed by atoms with Crippen LogP contribution in [0.15, 0.2) is 30.5 Å². The van der Waals surface area contributed by atoms with Crippen molar-refractivity contribution >= 4 is 23.2 Å². The van der Waals surface area contributed by atoms with Crippen LogP contribution in [0.3, 0.4) is 0 Å². The summed E-state index contributed by atoms with van der Waals surface area (Å²) in [5.41, 5.74) is 0.864. The first kappa shape index (κ1) is 18.1. The van der Waals surface area contributed by atoms with Gasteiger partial charge in [0.15, 0.2) is 0 Å². The second kappa shape index (κ2) is 8.17. The molecule has 0 spiro atoms. The van der Waals surface area contributed by atoms with E-state index in [1.165, 1.54) is 12.8 Å². The number of nitrogens with zero attached hydrogens (tertiary/aromatic N) is 3. The summed E-state index contributed by atoms with van der Waals surface area (Å²) in [6.07, 6.45) is 4.41. The van der Waals surface area contributed by atoms with E-state index in [-0.39, 0.29) is 0 Å². The number of halogens is 2. The molecule has 1 saturated heterocycles. The first-order valence-electron chi connectivity index (χ1n) is 9.13. The van der Waals surface area contributed by atoms with Gasteiger partial charge < -0.3 is 9.47 Å². The van der Waals surface area contributed by atoms with Crippen molar-refractivity contribution in [2.75, 3.05) is 39.5 Å². The zero-order chi connectivity index (χ0) is 17.9. The van der Waals surface area contributed by atoms with Crippen LogP contribution in [0.5, 0.6) is 5.88 Å². The van der Waals surface area contributed by atoms with Gasteiger partial charge >= 0.3 is 0 Å². The third kappa shape index (κ3) is 4.17. The van der Waals surface area contributed by atoms with Gasteiger partial charge in [0.1, 0.15) is 0 Å². The van der Waals surface area contributed by atoms with E-state index >= 15 is 0 Å². The van der Waals surface area contributed by atoms with Crippen LogP contribution in [0.4, 0.5) is 0 Å². The largest absolute Gasteiger partial charge is 0.476 e. The number of ether oxygens (including phenoxy) is 2. The van der Waals surface area contributed by atoms with Gasteiger partial charge in [-0.05, 0) is 42.9 Å². The average Bonchev–Trinajstić information content (AvgIpc) is 3.11. The Morgan fingerprint density at radius 1 is 1.08 bits per heavy atom. The van der Waals surface area contributed by atoms with Gasteiger partial charge in [0.05, 0.1) is 35.6 Å². The predicted molar refractivity (Wildman–Crippen MR) is 103 cm³/mol. The van der Waals surface area contributed by atoms with Crippen LogP contribution in [-0.2, 0) is 4.74 Å². The number of hydrogen-bond donors (Lipinski definition) is 0. The van der Waals surface area contributed by atoms with Gasteiger partial charge in [-0.15, -0.1) is 5.10 Å². The Bertz CT molecular complexity index is 746. The van der Waals surface area contributed by atoms with E-state index in [9.17, 15) is 0 Å².